The lowest BCUT2D eigenvalue weighted by molar-refractivity contribution is 0.654. The standard InChI is InChI=1S/C13H17N3/c1-9-5-4-6-11(7-9)13-12(8-15-16-13)10(2)14-3/h4-8,10,14H,1-3H3,(H,15,16). The van der Waals surface area contributed by atoms with E-state index in [0.717, 1.165) is 5.69 Å². The normalized spacial score (nSPS) is 12.7. The summed E-state index contributed by atoms with van der Waals surface area (Å²) in [4.78, 5) is 0. The van der Waals surface area contributed by atoms with Gasteiger partial charge in [-0.05, 0) is 27.0 Å². The Balaban J connectivity index is 2.44. The van der Waals surface area contributed by atoms with Crippen LogP contribution in [0.25, 0.3) is 11.3 Å². The number of hydrogen-bond donors (Lipinski definition) is 2. The first-order chi connectivity index (χ1) is 7.72. The second kappa shape index (κ2) is 4.49. The molecule has 84 valence electrons. The Morgan fingerprint density at radius 2 is 2.19 bits per heavy atom. The molecule has 1 aromatic carbocycles. The minimum atomic E-state index is 0.300. The molecular weight excluding hydrogens is 198 g/mol. The van der Waals surface area contributed by atoms with Gasteiger partial charge in [0.2, 0.25) is 0 Å². The number of H-pyrrole nitrogens is 1. The van der Waals surface area contributed by atoms with Crippen molar-refractivity contribution in [1.29, 1.82) is 0 Å². The Hall–Kier alpha value is -1.61. The summed E-state index contributed by atoms with van der Waals surface area (Å²) in [6, 6.07) is 8.74. The lowest BCUT2D eigenvalue weighted by Crippen LogP contribution is -2.12. The van der Waals surface area contributed by atoms with E-state index in [1.54, 1.807) is 0 Å². The minimum Gasteiger partial charge on any atom is -0.313 e. The van der Waals surface area contributed by atoms with Crippen molar-refractivity contribution < 1.29 is 0 Å². The Morgan fingerprint density at radius 1 is 1.38 bits per heavy atom. The van der Waals surface area contributed by atoms with Gasteiger partial charge >= 0.3 is 0 Å². The summed E-state index contributed by atoms with van der Waals surface area (Å²) in [6.07, 6.45) is 1.89. The molecule has 0 aliphatic heterocycles. The van der Waals surface area contributed by atoms with Crippen LogP contribution in [-0.4, -0.2) is 17.2 Å². The van der Waals surface area contributed by atoms with Gasteiger partial charge in [0.1, 0.15) is 0 Å². The van der Waals surface area contributed by atoms with Gasteiger partial charge in [0, 0.05) is 17.2 Å². The molecule has 0 aliphatic rings. The molecule has 0 saturated carbocycles. The molecule has 1 unspecified atom stereocenters. The topological polar surface area (TPSA) is 40.7 Å². The molecule has 2 aromatic rings. The molecule has 1 atom stereocenters. The number of aromatic amines is 1. The number of hydrogen-bond acceptors (Lipinski definition) is 2. The summed E-state index contributed by atoms with van der Waals surface area (Å²) in [7, 11) is 1.96. The number of benzene rings is 1. The van der Waals surface area contributed by atoms with Gasteiger partial charge in [-0.2, -0.15) is 5.10 Å². The largest absolute Gasteiger partial charge is 0.313 e. The summed E-state index contributed by atoms with van der Waals surface area (Å²) in [5.74, 6) is 0. The maximum atomic E-state index is 4.13. The van der Waals surface area contributed by atoms with Crippen LogP contribution in [0.3, 0.4) is 0 Å². The lowest BCUT2D eigenvalue weighted by atomic mass is 10.0. The van der Waals surface area contributed by atoms with Crippen LogP contribution in [-0.2, 0) is 0 Å². The van der Waals surface area contributed by atoms with E-state index in [1.165, 1.54) is 16.7 Å². The number of aromatic nitrogens is 2. The highest BCUT2D eigenvalue weighted by molar-refractivity contribution is 5.63. The first-order valence-corrected chi connectivity index (χ1v) is 5.50. The van der Waals surface area contributed by atoms with Gasteiger partial charge in [0.15, 0.2) is 0 Å². The van der Waals surface area contributed by atoms with Gasteiger partial charge in [-0.1, -0.05) is 23.8 Å². The average molecular weight is 215 g/mol. The zero-order valence-electron chi connectivity index (χ0n) is 9.91. The molecule has 3 heteroatoms. The van der Waals surface area contributed by atoms with Gasteiger partial charge in [-0.3, -0.25) is 5.10 Å². The van der Waals surface area contributed by atoms with E-state index >= 15 is 0 Å². The van der Waals surface area contributed by atoms with Crippen LogP contribution < -0.4 is 5.32 Å². The molecule has 3 nitrogen and oxygen atoms in total. The number of nitrogens with one attached hydrogen (secondary N) is 2. The summed E-state index contributed by atoms with van der Waals surface area (Å²) >= 11 is 0. The summed E-state index contributed by atoms with van der Waals surface area (Å²) in [6.45, 7) is 4.23. The highest BCUT2D eigenvalue weighted by Crippen LogP contribution is 2.26. The van der Waals surface area contributed by atoms with E-state index in [4.69, 9.17) is 0 Å². The third kappa shape index (κ3) is 1.99. The summed E-state index contributed by atoms with van der Waals surface area (Å²) in [5.41, 5.74) is 4.75. The molecule has 0 radical (unpaired) electrons. The van der Waals surface area contributed by atoms with Gasteiger partial charge < -0.3 is 5.32 Å². The quantitative estimate of drug-likeness (QED) is 0.826. The van der Waals surface area contributed by atoms with E-state index in [0.29, 0.717) is 6.04 Å². The molecule has 1 heterocycles. The van der Waals surface area contributed by atoms with Crippen molar-refractivity contribution in [3.8, 4) is 11.3 Å². The SMILES string of the molecule is CNC(C)c1cn[nH]c1-c1cccc(C)c1. The molecule has 0 amide bonds. The maximum Gasteiger partial charge on any atom is 0.0698 e. The van der Waals surface area contributed by atoms with E-state index in [-0.39, 0.29) is 0 Å². The number of rotatable bonds is 3. The van der Waals surface area contributed by atoms with E-state index in [9.17, 15) is 0 Å². The maximum absolute atomic E-state index is 4.13. The third-order valence-electron chi connectivity index (χ3n) is 2.87. The van der Waals surface area contributed by atoms with Crippen molar-refractivity contribution >= 4 is 0 Å². The molecular formula is C13H17N3. The highest BCUT2D eigenvalue weighted by Gasteiger charge is 2.12. The first-order valence-electron chi connectivity index (χ1n) is 5.50. The van der Waals surface area contributed by atoms with Crippen molar-refractivity contribution in [2.75, 3.05) is 7.05 Å². The Kier molecular flexibility index (Phi) is 3.06. The second-order valence-corrected chi connectivity index (χ2v) is 4.08. The molecule has 2 N–H and O–H groups in total. The van der Waals surface area contributed by atoms with Gasteiger partial charge in [0.05, 0.1) is 11.9 Å². The van der Waals surface area contributed by atoms with Crippen LogP contribution in [0.5, 0.6) is 0 Å². The molecule has 0 aliphatic carbocycles. The van der Waals surface area contributed by atoms with Crippen molar-refractivity contribution in [3.05, 3.63) is 41.6 Å². The first kappa shape index (κ1) is 10.9. The minimum absolute atomic E-state index is 0.300. The van der Waals surface area contributed by atoms with Gasteiger partial charge in [-0.15, -0.1) is 0 Å². The zero-order chi connectivity index (χ0) is 11.5. The monoisotopic (exact) mass is 215 g/mol. The van der Waals surface area contributed by atoms with E-state index in [2.05, 4.69) is 53.6 Å². The van der Waals surface area contributed by atoms with E-state index in [1.807, 2.05) is 13.2 Å². The van der Waals surface area contributed by atoms with Crippen molar-refractivity contribution in [2.24, 2.45) is 0 Å². The fraction of sp³-hybridized carbons (Fsp3) is 0.308. The van der Waals surface area contributed by atoms with Crippen molar-refractivity contribution in [1.82, 2.24) is 15.5 Å². The molecule has 2 rings (SSSR count). The smallest absolute Gasteiger partial charge is 0.0698 e. The molecule has 0 bridgehead atoms. The van der Waals surface area contributed by atoms with Crippen molar-refractivity contribution in [3.63, 3.8) is 0 Å². The molecule has 0 spiro atoms. The van der Waals surface area contributed by atoms with Crippen LogP contribution in [0, 0.1) is 6.92 Å². The molecule has 1 aromatic heterocycles. The number of nitrogens with zero attached hydrogens (tertiary/aromatic N) is 1. The fourth-order valence-electron chi connectivity index (χ4n) is 1.81. The van der Waals surface area contributed by atoms with Crippen LogP contribution in [0.2, 0.25) is 0 Å². The van der Waals surface area contributed by atoms with Gasteiger partial charge in [-0.25, -0.2) is 0 Å². The predicted octanol–water partition coefficient (Wildman–Crippen LogP) is 2.67. The molecule has 16 heavy (non-hydrogen) atoms. The van der Waals surface area contributed by atoms with Crippen LogP contribution in [0.15, 0.2) is 30.5 Å². The second-order valence-electron chi connectivity index (χ2n) is 4.08. The van der Waals surface area contributed by atoms with Crippen LogP contribution in [0.4, 0.5) is 0 Å². The highest BCUT2D eigenvalue weighted by atomic mass is 15.1. The van der Waals surface area contributed by atoms with Crippen LogP contribution in [0.1, 0.15) is 24.1 Å². The zero-order valence-corrected chi connectivity index (χ0v) is 9.91. The number of aryl methyl sites for hydroxylation is 1. The predicted molar refractivity (Wildman–Crippen MR) is 66.2 cm³/mol. The summed E-state index contributed by atoms with van der Waals surface area (Å²) in [5, 5.41) is 10.4. The fourth-order valence-corrected chi connectivity index (χ4v) is 1.81. The Morgan fingerprint density at radius 3 is 2.88 bits per heavy atom. The molecule has 0 saturated heterocycles. The summed E-state index contributed by atoms with van der Waals surface area (Å²) < 4.78 is 0. The Labute approximate surface area is 95.9 Å². The van der Waals surface area contributed by atoms with Crippen LogP contribution >= 0.6 is 0 Å². The van der Waals surface area contributed by atoms with Gasteiger partial charge in [0.25, 0.3) is 0 Å². The average Bonchev–Trinajstić information content (AvgIpc) is 2.77. The third-order valence-corrected chi connectivity index (χ3v) is 2.87. The van der Waals surface area contributed by atoms with Crippen molar-refractivity contribution in [2.45, 2.75) is 19.9 Å². The molecule has 0 fully saturated rings. The van der Waals surface area contributed by atoms with E-state index < -0.39 is 0 Å². The Bertz CT molecular complexity index is 474. The lowest BCUT2D eigenvalue weighted by Gasteiger charge is -2.10.